The Hall–Kier alpha value is -0.910. The predicted octanol–water partition coefficient (Wildman–Crippen LogP) is 1.89. The van der Waals surface area contributed by atoms with Crippen LogP contribution in [0, 0.1) is 13.8 Å². The molecule has 3 rings (SSSR count). The topological polar surface area (TPSA) is 38.6 Å². The Balaban J connectivity index is 1.83. The highest BCUT2D eigenvalue weighted by Crippen LogP contribution is 2.20. The van der Waals surface area contributed by atoms with E-state index in [2.05, 4.69) is 33.9 Å². The highest BCUT2D eigenvalue weighted by atomic mass is 32.1. The molecule has 1 aliphatic heterocycles. The predicted molar refractivity (Wildman–Crippen MR) is 68.6 cm³/mol. The summed E-state index contributed by atoms with van der Waals surface area (Å²) < 4.78 is 7.62. The maximum atomic E-state index is 5.37. The fourth-order valence-corrected chi connectivity index (χ4v) is 3.24. The SMILES string of the molecule is Cc1nc2scc(C)n2c1CNC1CCOC1. The summed E-state index contributed by atoms with van der Waals surface area (Å²) in [6, 6.07) is 0.499. The van der Waals surface area contributed by atoms with Crippen molar-refractivity contribution in [1.82, 2.24) is 14.7 Å². The summed E-state index contributed by atoms with van der Waals surface area (Å²) in [6.07, 6.45) is 1.11. The zero-order valence-corrected chi connectivity index (χ0v) is 11.0. The summed E-state index contributed by atoms with van der Waals surface area (Å²) in [5, 5.41) is 5.71. The average Bonchev–Trinajstić information content (AvgIpc) is 2.97. The van der Waals surface area contributed by atoms with Crippen LogP contribution < -0.4 is 5.32 Å². The summed E-state index contributed by atoms with van der Waals surface area (Å²) in [7, 11) is 0. The van der Waals surface area contributed by atoms with Gasteiger partial charge in [0, 0.05) is 30.3 Å². The molecule has 1 unspecified atom stereocenters. The van der Waals surface area contributed by atoms with E-state index in [0.29, 0.717) is 6.04 Å². The summed E-state index contributed by atoms with van der Waals surface area (Å²) in [4.78, 5) is 5.69. The molecule has 0 bridgehead atoms. The normalized spacial score (nSPS) is 20.5. The number of hydrogen-bond donors (Lipinski definition) is 1. The first-order valence-electron chi connectivity index (χ1n) is 5.99. The molecule has 17 heavy (non-hydrogen) atoms. The summed E-state index contributed by atoms with van der Waals surface area (Å²) in [5.74, 6) is 0. The lowest BCUT2D eigenvalue weighted by molar-refractivity contribution is 0.189. The number of fused-ring (bicyclic) bond motifs is 1. The number of nitrogens with zero attached hydrogens (tertiary/aromatic N) is 2. The van der Waals surface area contributed by atoms with Crippen LogP contribution in [0.25, 0.3) is 4.96 Å². The highest BCUT2D eigenvalue weighted by Gasteiger charge is 2.17. The van der Waals surface area contributed by atoms with Crippen LogP contribution in [-0.4, -0.2) is 28.6 Å². The first-order valence-corrected chi connectivity index (χ1v) is 6.87. The van der Waals surface area contributed by atoms with Crippen LogP contribution in [0.4, 0.5) is 0 Å². The quantitative estimate of drug-likeness (QED) is 0.905. The third kappa shape index (κ3) is 1.99. The molecular weight excluding hydrogens is 234 g/mol. The average molecular weight is 251 g/mol. The van der Waals surface area contributed by atoms with Gasteiger partial charge in [0.05, 0.1) is 18.0 Å². The summed E-state index contributed by atoms with van der Waals surface area (Å²) in [6.45, 7) is 6.81. The monoisotopic (exact) mass is 251 g/mol. The van der Waals surface area contributed by atoms with Crippen LogP contribution in [0.1, 0.15) is 23.5 Å². The highest BCUT2D eigenvalue weighted by molar-refractivity contribution is 7.15. The van der Waals surface area contributed by atoms with Gasteiger partial charge in [-0.05, 0) is 20.3 Å². The third-order valence-electron chi connectivity index (χ3n) is 3.32. The Kier molecular flexibility index (Phi) is 2.90. The van der Waals surface area contributed by atoms with Gasteiger partial charge in [-0.2, -0.15) is 0 Å². The lowest BCUT2D eigenvalue weighted by atomic mass is 10.2. The number of aryl methyl sites for hydroxylation is 2. The number of imidazole rings is 1. The molecule has 2 aromatic rings. The number of aromatic nitrogens is 2. The van der Waals surface area contributed by atoms with Gasteiger partial charge >= 0.3 is 0 Å². The number of hydrogen-bond acceptors (Lipinski definition) is 4. The van der Waals surface area contributed by atoms with Gasteiger partial charge in [0.25, 0.3) is 0 Å². The summed E-state index contributed by atoms with van der Waals surface area (Å²) >= 11 is 1.71. The molecule has 0 saturated carbocycles. The number of nitrogens with one attached hydrogen (secondary N) is 1. The smallest absolute Gasteiger partial charge is 0.194 e. The van der Waals surface area contributed by atoms with E-state index in [1.54, 1.807) is 11.3 Å². The van der Waals surface area contributed by atoms with Crippen molar-refractivity contribution in [2.45, 2.75) is 32.9 Å². The van der Waals surface area contributed by atoms with Gasteiger partial charge in [0.2, 0.25) is 0 Å². The van der Waals surface area contributed by atoms with Crippen molar-refractivity contribution in [2.24, 2.45) is 0 Å². The van der Waals surface area contributed by atoms with Gasteiger partial charge < -0.3 is 10.1 Å². The lowest BCUT2D eigenvalue weighted by Crippen LogP contribution is -2.29. The van der Waals surface area contributed by atoms with E-state index in [1.807, 2.05) is 0 Å². The van der Waals surface area contributed by atoms with Crippen molar-refractivity contribution in [3.05, 3.63) is 22.5 Å². The second kappa shape index (κ2) is 4.40. The van der Waals surface area contributed by atoms with Crippen molar-refractivity contribution in [3.8, 4) is 0 Å². The minimum Gasteiger partial charge on any atom is -0.380 e. The Morgan fingerprint density at radius 1 is 1.59 bits per heavy atom. The molecule has 1 saturated heterocycles. The molecule has 1 aliphatic rings. The van der Waals surface area contributed by atoms with E-state index >= 15 is 0 Å². The van der Waals surface area contributed by atoms with E-state index in [4.69, 9.17) is 4.74 Å². The minimum atomic E-state index is 0.499. The minimum absolute atomic E-state index is 0.499. The second-order valence-electron chi connectivity index (χ2n) is 4.58. The number of rotatable bonds is 3. The molecule has 0 aliphatic carbocycles. The molecule has 0 spiro atoms. The number of ether oxygens (including phenoxy) is 1. The van der Waals surface area contributed by atoms with Gasteiger partial charge in [-0.25, -0.2) is 4.98 Å². The molecular formula is C12H17N3OS. The molecule has 3 heterocycles. The molecule has 4 nitrogen and oxygen atoms in total. The zero-order chi connectivity index (χ0) is 11.8. The van der Waals surface area contributed by atoms with E-state index < -0.39 is 0 Å². The van der Waals surface area contributed by atoms with Crippen LogP contribution in [0.2, 0.25) is 0 Å². The van der Waals surface area contributed by atoms with Crippen molar-refractivity contribution < 1.29 is 4.74 Å². The largest absolute Gasteiger partial charge is 0.380 e. The van der Waals surface area contributed by atoms with Crippen molar-refractivity contribution in [3.63, 3.8) is 0 Å². The van der Waals surface area contributed by atoms with Crippen LogP contribution in [0.15, 0.2) is 5.38 Å². The lowest BCUT2D eigenvalue weighted by Gasteiger charge is -2.10. The van der Waals surface area contributed by atoms with Crippen LogP contribution in [0.5, 0.6) is 0 Å². The van der Waals surface area contributed by atoms with Crippen LogP contribution >= 0.6 is 11.3 Å². The first kappa shape index (κ1) is 11.2. The zero-order valence-electron chi connectivity index (χ0n) is 10.2. The maximum absolute atomic E-state index is 5.37. The standard InChI is InChI=1S/C12H17N3OS/c1-8-7-17-12-14-9(2)11(15(8)12)5-13-10-3-4-16-6-10/h7,10,13H,3-6H2,1-2H3. The molecule has 1 N–H and O–H groups in total. The summed E-state index contributed by atoms with van der Waals surface area (Å²) in [5.41, 5.74) is 3.68. The van der Waals surface area contributed by atoms with Gasteiger partial charge in [0.1, 0.15) is 0 Å². The third-order valence-corrected chi connectivity index (χ3v) is 4.26. The van der Waals surface area contributed by atoms with Crippen molar-refractivity contribution in [1.29, 1.82) is 0 Å². The second-order valence-corrected chi connectivity index (χ2v) is 5.42. The van der Waals surface area contributed by atoms with Crippen molar-refractivity contribution in [2.75, 3.05) is 13.2 Å². The van der Waals surface area contributed by atoms with Crippen LogP contribution in [0.3, 0.4) is 0 Å². The Morgan fingerprint density at radius 2 is 2.47 bits per heavy atom. The Bertz CT molecular complexity index is 525. The maximum Gasteiger partial charge on any atom is 0.194 e. The Labute approximate surface area is 105 Å². The van der Waals surface area contributed by atoms with E-state index in [0.717, 1.165) is 36.8 Å². The van der Waals surface area contributed by atoms with Gasteiger partial charge in [-0.1, -0.05) is 0 Å². The fourth-order valence-electron chi connectivity index (χ4n) is 2.31. The molecule has 1 fully saturated rings. The van der Waals surface area contributed by atoms with Crippen molar-refractivity contribution >= 4 is 16.3 Å². The van der Waals surface area contributed by atoms with Gasteiger partial charge in [0.15, 0.2) is 4.96 Å². The molecule has 1 atom stereocenters. The van der Waals surface area contributed by atoms with E-state index in [1.165, 1.54) is 11.4 Å². The van der Waals surface area contributed by atoms with Gasteiger partial charge in [-0.15, -0.1) is 11.3 Å². The molecule has 0 radical (unpaired) electrons. The molecule has 0 aromatic carbocycles. The molecule has 5 heteroatoms. The Morgan fingerprint density at radius 3 is 3.24 bits per heavy atom. The van der Waals surface area contributed by atoms with Gasteiger partial charge in [-0.3, -0.25) is 4.40 Å². The van der Waals surface area contributed by atoms with E-state index in [-0.39, 0.29) is 0 Å². The number of thiazole rings is 1. The van der Waals surface area contributed by atoms with Crippen LogP contribution in [-0.2, 0) is 11.3 Å². The molecule has 0 amide bonds. The molecule has 92 valence electrons. The van der Waals surface area contributed by atoms with E-state index in [9.17, 15) is 0 Å². The molecule has 2 aromatic heterocycles. The fraction of sp³-hybridized carbons (Fsp3) is 0.583. The first-order chi connectivity index (χ1) is 8.25.